The molecule has 14 heteroatoms. The quantitative estimate of drug-likeness (QED) is 0.292. The molecule has 2 atom stereocenters. The molecule has 12 nitrogen and oxygen atoms in total. The van der Waals surface area contributed by atoms with Crippen LogP contribution in [0.2, 0.25) is 0 Å². The van der Waals surface area contributed by atoms with Gasteiger partial charge in [-0.1, -0.05) is 26.8 Å². The van der Waals surface area contributed by atoms with E-state index >= 15 is 0 Å². The van der Waals surface area contributed by atoms with Gasteiger partial charge >= 0.3 is 6.03 Å². The summed E-state index contributed by atoms with van der Waals surface area (Å²) in [7, 11) is 6.16. The highest BCUT2D eigenvalue weighted by Gasteiger charge is 2.42. The second kappa shape index (κ2) is 11.6. The SMILES string of the molecule is CNC(=O)CCC(=O)NCCSSCCNC(=O)C1N=CN2C(=O)N(C)N=NC12. The number of nitrogens with one attached hydrogen (secondary N) is 3. The summed E-state index contributed by atoms with van der Waals surface area (Å²) < 4.78 is 0. The molecule has 0 radical (unpaired) electrons. The van der Waals surface area contributed by atoms with E-state index in [2.05, 4.69) is 31.3 Å². The highest BCUT2D eigenvalue weighted by Crippen LogP contribution is 2.22. The van der Waals surface area contributed by atoms with Crippen molar-refractivity contribution in [3.05, 3.63) is 0 Å². The first-order valence-electron chi connectivity index (χ1n) is 8.93. The summed E-state index contributed by atoms with van der Waals surface area (Å²) in [5.41, 5.74) is 0. The standard InChI is InChI=1S/C15H24N8O4S2/c1-16-10(24)3-4-11(25)17-5-7-28-29-8-6-18-14(26)12-13-20-21-22(2)15(27)23(13)9-19-12/h9,12-13H,3-8H2,1-2H3,(H,16,24)(H,17,25)(H,18,26). The second-order valence-electron chi connectivity index (χ2n) is 6.00. The molecule has 3 N–H and O–H groups in total. The molecule has 0 saturated heterocycles. The molecule has 0 aliphatic carbocycles. The number of carbonyl (C=O) groups is 4. The smallest absolute Gasteiger partial charge is 0.348 e. The molecule has 2 unspecified atom stereocenters. The predicted octanol–water partition coefficient (Wildman–Crippen LogP) is -0.402. The van der Waals surface area contributed by atoms with Crippen LogP contribution in [0.1, 0.15) is 12.8 Å². The van der Waals surface area contributed by atoms with Crippen molar-refractivity contribution in [2.75, 3.05) is 38.7 Å². The molecule has 160 valence electrons. The van der Waals surface area contributed by atoms with E-state index in [1.807, 2.05) is 0 Å². The maximum atomic E-state index is 12.3. The van der Waals surface area contributed by atoms with Gasteiger partial charge in [-0.15, -0.1) is 5.11 Å². The van der Waals surface area contributed by atoms with Crippen LogP contribution in [-0.4, -0.2) is 90.9 Å². The Hall–Kier alpha value is -2.35. The lowest BCUT2D eigenvalue weighted by atomic mass is 10.2. The monoisotopic (exact) mass is 444 g/mol. The third kappa shape index (κ3) is 6.88. The van der Waals surface area contributed by atoms with E-state index in [4.69, 9.17) is 0 Å². The van der Waals surface area contributed by atoms with E-state index in [-0.39, 0.29) is 36.6 Å². The average molecular weight is 445 g/mol. The van der Waals surface area contributed by atoms with E-state index < -0.39 is 12.2 Å². The number of carbonyl (C=O) groups excluding carboxylic acids is 4. The minimum absolute atomic E-state index is 0.151. The molecule has 0 spiro atoms. The minimum Gasteiger partial charge on any atom is -0.359 e. The average Bonchev–Trinajstić information content (AvgIpc) is 3.15. The summed E-state index contributed by atoms with van der Waals surface area (Å²) in [6.45, 7) is 0.955. The molecule has 0 aromatic heterocycles. The Balaban J connectivity index is 1.52. The molecule has 0 fully saturated rings. The topological polar surface area (TPSA) is 148 Å². The highest BCUT2D eigenvalue weighted by molar-refractivity contribution is 8.76. The molecule has 0 bridgehead atoms. The van der Waals surface area contributed by atoms with Crippen molar-refractivity contribution >= 4 is 51.7 Å². The highest BCUT2D eigenvalue weighted by atomic mass is 33.1. The maximum absolute atomic E-state index is 12.3. The third-order valence-corrected chi connectivity index (χ3v) is 6.33. The fraction of sp³-hybridized carbons (Fsp3) is 0.667. The van der Waals surface area contributed by atoms with Crippen LogP contribution < -0.4 is 16.0 Å². The summed E-state index contributed by atoms with van der Waals surface area (Å²) in [6.07, 6.45) is 0.944. The first kappa shape index (κ1) is 22.9. The van der Waals surface area contributed by atoms with E-state index in [0.29, 0.717) is 24.6 Å². The molecule has 0 aromatic carbocycles. The van der Waals surface area contributed by atoms with Gasteiger partial charge in [0, 0.05) is 51.5 Å². The second-order valence-corrected chi connectivity index (χ2v) is 8.70. The van der Waals surface area contributed by atoms with Crippen LogP contribution >= 0.6 is 21.6 Å². The molecule has 2 heterocycles. The number of amides is 5. The first-order chi connectivity index (χ1) is 13.9. The van der Waals surface area contributed by atoms with E-state index in [0.717, 1.165) is 5.01 Å². The van der Waals surface area contributed by atoms with Gasteiger partial charge in [-0.25, -0.2) is 4.79 Å². The molecular weight excluding hydrogens is 420 g/mol. The van der Waals surface area contributed by atoms with Gasteiger partial charge in [-0.05, 0) is 0 Å². The van der Waals surface area contributed by atoms with Crippen LogP contribution in [0, 0.1) is 0 Å². The van der Waals surface area contributed by atoms with Gasteiger partial charge in [0.2, 0.25) is 17.7 Å². The minimum atomic E-state index is -0.793. The van der Waals surface area contributed by atoms with Crippen molar-refractivity contribution in [3.8, 4) is 0 Å². The Morgan fingerprint density at radius 2 is 1.76 bits per heavy atom. The van der Waals surface area contributed by atoms with Crippen molar-refractivity contribution in [1.29, 1.82) is 0 Å². The summed E-state index contributed by atoms with van der Waals surface area (Å²) in [5.74, 6) is 0.772. The summed E-state index contributed by atoms with van der Waals surface area (Å²) in [4.78, 5) is 52.1. The Bertz CT molecular complexity index is 689. The van der Waals surface area contributed by atoms with Crippen LogP contribution in [-0.2, 0) is 14.4 Å². The zero-order valence-corrected chi connectivity index (χ0v) is 17.8. The van der Waals surface area contributed by atoms with Gasteiger partial charge < -0.3 is 16.0 Å². The van der Waals surface area contributed by atoms with Crippen molar-refractivity contribution < 1.29 is 19.2 Å². The zero-order chi connectivity index (χ0) is 21.2. The van der Waals surface area contributed by atoms with Crippen LogP contribution in [0.15, 0.2) is 15.3 Å². The maximum Gasteiger partial charge on any atom is 0.348 e. The number of nitrogens with zero attached hydrogens (tertiary/aromatic N) is 5. The summed E-state index contributed by atoms with van der Waals surface area (Å²) in [5, 5.41) is 16.7. The van der Waals surface area contributed by atoms with Crippen molar-refractivity contribution in [2.24, 2.45) is 15.3 Å². The fourth-order valence-electron chi connectivity index (χ4n) is 2.37. The van der Waals surface area contributed by atoms with Crippen LogP contribution in [0.5, 0.6) is 0 Å². The van der Waals surface area contributed by atoms with Crippen molar-refractivity contribution in [2.45, 2.75) is 25.0 Å². The largest absolute Gasteiger partial charge is 0.359 e. The van der Waals surface area contributed by atoms with Gasteiger partial charge in [-0.2, -0.15) is 5.01 Å². The number of hydrogen-bond acceptors (Lipinski definition) is 9. The Morgan fingerprint density at radius 1 is 1.10 bits per heavy atom. The number of aliphatic imine (C=N–C) groups is 1. The number of hydrogen-bond donors (Lipinski definition) is 3. The van der Waals surface area contributed by atoms with E-state index in [9.17, 15) is 19.2 Å². The number of rotatable bonds is 11. The lowest BCUT2D eigenvalue weighted by molar-refractivity contribution is -0.126. The van der Waals surface area contributed by atoms with Gasteiger partial charge in [-0.3, -0.25) is 24.3 Å². The molecule has 2 rings (SSSR count). The lowest BCUT2D eigenvalue weighted by Crippen LogP contribution is -2.50. The lowest BCUT2D eigenvalue weighted by Gasteiger charge is -2.27. The Morgan fingerprint density at radius 3 is 2.45 bits per heavy atom. The fourth-order valence-corrected chi connectivity index (χ4v) is 4.19. The van der Waals surface area contributed by atoms with Crippen LogP contribution in [0.3, 0.4) is 0 Å². The van der Waals surface area contributed by atoms with Crippen LogP contribution in [0.4, 0.5) is 4.79 Å². The molecular formula is C15H24N8O4S2. The van der Waals surface area contributed by atoms with Crippen LogP contribution in [0.25, 0.3) is 0 Å². The molecule has 0 saturated carbocycles. The molecule has 2 aliphatic heterocycles. The van der Waals surface area contributed by atoms with Gasteiger partial charge in [0.05, 0.1) is 6.34 Å². The van der Waals surface area contributed by atoms with E-state index in [1.54, 1.807) is 21.6 Å². The normalized spacial score (nSPS) is 19.9. The number of fused-ring (bicyclic) bond motifs is 1. The Kier molecular flexibility index (Phi) is 9.18. The summed E-state index contributed by atoms with van der Waals surface area (Å²) >= 11 is 0. The van der Waals surface area contributed by atoms with Crippen molar-refractivity contribution in [1.82, 2.24) is 25.9 Å². The first-order valence-corrected chi connectivity index (χ1v) is 11.4. The van der Waals surface area contributed by atoms with Crippen molar-refractivity contribution in [3.63, 3.8) is 0 Å². The van der Waals surface area contributed by atoms with Gasteiger partial charge in [0.15, 0.2) is 12.2 Å². The molecule has 0 aromatic rings. The van der Waals surface area contributed by atoms with Gasteiger partial charge in [0.25, 0.3) is 0 Å². The third-order valence-electron chi connectivity index (χ3n) is 3.92. The molecule has 29 heavy (non-hydrogen) atoms. The number of urea groups is 1. The van der Waals surface area contributed by atoms with E-state index in [1.165, 1.54) is 25.3 Å². The Labute approximate surface area is 176 Å². The predicted molar refractivity (Wildman–Crippen MR) is 110 cm³/mol. The zero-order valence-electron chi connectivity index (χ0n) is 16.2. The summed E-state index contributed by atoms with van der Waals surface area (Å²) in [6, 6.07) is -1.17. The molecule has 5 amide bonds. The molecule has 2 aliphatic rings. The van der Waals surface area contributed by atoms with Gasteiger partial charge in [0.1, 0.15) is 0 Å².